The minimum atomic E-state index is -4.95. The third kappa shape index (κ3) is 59.0. The molecule has 84 heavy (non-hydrogen) atoms. The van der Waals surface area contributed by atoms with Crippen LogP contribution in [0.15, 0.2) is 0 Å². The Balaban J connectivity index is 5.24. The lowest BCUT2D eigenvalue weighted by Crippen LogP contribution is -2.30. The Hall–Kier alpha value is -1.94. The van der Waals surface area contributed by atoms with Crippen LogP contribution in [0.1, 0.15) is 324 Å². The second-order valence-corrected chi connectivity index (χ2v) is 27.4. The molecule has 0 aliphatic rings. The Kier molecular flexibility index (Phi) is 56.2. The van der Waals surface area contributed by atoms with Gasteiger partial charge in [-0.05, 0) is 37.5 Å². The molecule has 0 aliphatic carbocycles. The summed E-state index contributed by atoms with van der Waals surface area (Å²) >= 11 is 0. The van der Waals surface area contributed by atoms with Crippen molar-refractivity contribution in [1.29, 1.82) is 0 Å². The summed E-state index contributed by atoms with van der Waals surface area (Å²) in [6.07, 6.45) is 40.2. The van der Waals surface area contributed by atoms with Crippen molar-refractivity contribution < 1.29 is 80.2 Å². The lowest BCUT2D eigenvalue weighted by molar-refractivity contribution is -0.161. The molecule has 0 fully saturated rings. The largest absolute Gasteiger partial charge is 0.472 e. The molecule has 0 radical (unpaired) electrons. The van der Waals surface area contributed by atoms with Gasteiger partial charge in [0.25, 0.3) is 0 Å². The predicted octanol–water partition coefficient (Wildman–Crippen LogP) is 18.0. The summed E-state index contributed by atoms with van der Waals surface area (Å²) in [4.78, 5) is 72.2. The molecule has 0 rings (SSSR count). The van der Waals surface area contributed by atoms with Gasteiger partial charge in [-0.15, -0.1) is 0 Å². The van der Waals surface area contributed by atoms with Crippen LogP contribution in [0.25, 0.3) is 0 Å². The van der Waals surface area contributed by atoms with Gasteiger partial charge in [0.05, 0.1) is 26.4 Å². The van der Waals surface area contributed by atoms with E-state index in [9.17, 15) is 43.2 Å². The maximum Gasteiger partial charge on any atom is 0.472 e. The standard InChI is InChI=1S/C65H126O17P2/c1-7-9-11-13-15-17-18-23-31-37-43-49-64(69)81-60(53-75-62(67)47-41-35-29-21-16-14-12-10-8-2)55-79-83(71,72)77-51-59(66)52-78-84(73,74)80-56-61(54-76-63(68)48-42-36-30-26-25-28-34-40-46-58(5)6)82-65(70)50-44-38-32-24-20-19-22-27-33-39-45-57(3)4/h57-61,66H,7-56H2,1-6H3,(H,71,72)(H,73,74)/t59-,60+,61+/m0/s1. The van der Waals surface area contributed by atoms with Crippen LogP contribution >= 0.6 is 15.6 Å². The third-order valence-electron chi connectivity index (χ3n) is 15.0. The van der Waals surface area contributed by atoms with E-state index in [1.165, 1.54) is 141 Å². The number of aliphatic hydroxyl groups is 1. The molecule has 0 spiro atoms. The van der Waals surface area contributed by atoms with Gasteiger partial charge in [-0.1, -0.05) is 273 Å². The first-order chi connectivity index (χ1) is 40.4. The normalized spacial score (nSPS) is 14.3. The van der Waals surface area contributed by atoms with Crippen LogP contribution in [0.2, 0.25) is 0 Å². The summed E-state index contributed by atoms with van der Waals surface area (Å²) in [6, 6.07) is 0. The molecular weight excluding hydrogens is 1110 g/mol. The van der Waals surface area contributed by atoms with Crippen LogP contribution in [0.4, 0.5) is 0 Å². The van der Waals surface area contributed by atoms with E-state index in [1.807, 2.05) is 0 Å². The Morgan fingerprint density at radius 1 is 0.321 bits per heavy atom. The van der Waals surface area contributed by atoms with Crippen molar-refractivity contribution in [3.63, 3.8) is 0 Å². The Bertz CT molecular complexity index is 1650. The van der Waals surface area contributed by atoms with Gasteiger partial charge in [0, 0.05) is 25.7 Å². The molecule has 0 aliphatic heterocycles. The average molecular weight is 1240 g/mol. The quantitative estimate of drug-likeness (QED) is 0.0222. The maximum absolute atomic E-state index is 13.0. The number of hydrogen-bond donors (Lipinski definition) is 3. The summed E-state index contributed by atoms with van der Waals surface area (Å²) in [5.74, 6) is -0.654. The zero-order chi connectivity index (χ0) is 62.2. The average Bonchev–Trinajstić information content (AvgIpc) is 3.53. The van der Waals surface area contributed by atoms with E-state index < -0.39 is 97.5 Å². The summed E-state index contributed by atoms with van der Waals surface area (Å²) in [5.41, 5.74) is 0. The molecule has 3 N–H and O–H groups in total. The van der Waals surface area contributed by atoms with Crippen molar-refractivity contribution in [1.82, 2.24) is 0 Å². The number of ether oxygens (including phenoxy) is 4. The Morgan fingerprint density at radius 3 is 0.810 bits per heavy atom. The van der Waals surface area contributed by atoms with Gasteiger partial charge in [-0.3, -0.25) is 37.3 Å². The highest BCUT2D eigenvalue weighted by Crippen LogP contribution is 2.45. The molecule has 5 atom stereocenters. The zero-order valence-electron chi connectivity index (χ0n) is 54.2. The van der Waals surface area contributed by atoms with Crippen LogP contribution in [0.3, 0.4) is 0 Å². The van der Waals surface area contributed by atoms with Crippen molar-refractivity contribution >= 4 is 39.5 Å². The van der Waals surface area contributed by atoms with Crippen LogP contribution in [-0.2, 0) is 65.4 Å². The summed E-state index contributed by atoms with van der Waals surface area (Å²) in [5, 5.41) is 10.5. The lowest BCUT2D eigenvalue weighted by Gasteiger charge is -2.21. The van der Waals surface area contributed by atoms with E-state index in [1.54, 1.807) is 0 Å². The fourth-order valence-electron chi connectivity index (χ4n) is 9.71. The lowest BCUT2D eigenvalue weighted by atomic mass is 10.0. The van der Waals surface area contributed by atoms with Crippen LogP contribution in [-0.4, -0.2) is 96.7 Å². The fraction of sp³-hybridized carbons (Fsp3) is 0.938. The minimum absolute atomic E-state index is 0.105. The number of hydrogen-bond acceptors (Lipinski definition) is 15. The van der Waals surface area contributed by atoms with E-state index in [-0.39, 0.29) is 25.7 Å². The first-order valence-corrected chi connectivity index (χ1v) is 37.0. The molecular formula is C65H126O17P2. The summed E-state index contributed by atoms with van der Waals surface area (Å²) < 4.78 is 68.0. The highest BCUT2D eigenvalue weighted by Gasteiger charge is 2.30. The van der Waals surface area contributed by atoms with Crippen LogP contribution < -0.4 is 0 Å². The van der Waals surface area contributed by atoms with E-state index >= 15 is 0 Å². The smallest absolute Gasteiger partial charge is 0.462 e. The topological polar surface area (TPSA) is 237 Å². The Labute approximate surface area is 511 Å². The molecule has 0 saturated carbocycles. The van der Waals surface area contributed by atoms with Crippen molar-refractivity contribution in [3.05, 3.63) is 0 Å². The first-order valence-electron chi connectivity index (χ1n) is 34.0. The van der Waals surface area contributed by atoms with Gasteiger partial charge in [0.1, 0.15) is 19.3 Å². The van der Waals surface area contributed by atoms with E-state index in [4.69, 9.17) is 37.0 Å². The second-order valence-electron chi connectivity index (χ2n) is 24.5. The number of aliphatic hydroxyl groups excluding tert-OH is 1. The van der Waals surface area contributed by atoms with Gasteiger partial charge in [-0.2, -0.15) is 0 Å². The van der Waals surface area contributed by atoms with Crippen molar-refractivity contribution in [2.75, 3.05) is 39.6 Å². The fourth-order valence-corrected chi connectivity index (χ4v) is 11.3. The zero-order valence-corrected chi connectivity index (χ0v) is 56.0. The van der Waals surface area contributed by atoms with Crippen molar-refractivity contribution in [2.24, 2.45) is 11.8 Å². The molecule has 0 bridgehead atoms. The van der Waals surface area contributed by atoms with Gasteiger partial charge in [0.15, 0.2) is 12.2 Å². The number of carbonyl (C=O) groups is 4. The molecule has 0 aromatic carbocycles. The van der Waals surface area contributed by atoms with E-state index in [0.717, 1.165) is 102 Å². The van der Waals surface area contributed by atoms with Gasteiger partial charge in [-0.25, -0.2) is 9.13 Å². The molecule has 498 valence electrons. The van der Waals surface area contributed by atoms with E-state index in [2.05, 4.69) is 41.5 Å². The second kappa shape index (κ2) is 57.5. The van der Waals surface area contributed by atoms with Crippen LogP contribution in [0.5, 0.6) is 0 Å². The minimum Gasteiger partial charge on any atom is -0.462 e. The number of esters is 4. The highest BCUT2D eigenvalue weighted by molar-refractivity contribution is 7.47. The molecule has 0 aromatic heterocycles. The molecule has 0 aromatic rings. The summed E-state index contributed by atoms with van der Waals surface area (Å²) in [6.45, 7) is 9.44. The van der Waals surface area contributed by atoms with E-state index in [0.29, 0.717) is 25.7 Å². The van der Waals surface area contributed by atoms with Crippen molar-refractivity contribution in [2.45, 2.75) is 342 Å². The summed E-state index contributed by atoms with van der Waals surface area (Å²) in [7, 11) is -9.89. The highest BCUT2D eigenvalue weighted by atomic mass is 31.2. The van der Waals surface area contributed by atoms with Gasteiger partial charge in [0.2, 0.25) is 0 Å². The molecule has 0 saturated heterocycles. The number of unbranched alkanes of at least 4 members (excludes halogenated alkanes) is 34. The molecule has 0 amide bonds. The van der Waals surface area contributed by atoms with Gasteiger partial charge >= 0.3 is 39.5 Å². The van der Waals surface area contributed by atoms with Crippen molar-refractivity contribution in [3.8, 4) is 0 Å². The number of phosphoric ester groups is 2. The van der Waals surface area contributed by atoms with Gasteiger partial charge < -0.3 is 33.8 Å². The first kappa shape index (κ1) is 82.1. The molecule has 2 unspecified atom stereocenters. The monoisotopic (exact) mass is 1240 g/mol. The number of rotatable bonds is 64. The molecule has 17 nitrogen and oxygen atoms in total. The number of phosphoric acid groups is 2. The predicted molar refractivity (Wildman–Crippen MR) is 335 cm³/mol. The maximum atomic E-state index is 13.0. The van der Waals surface area contributed by atoms with Crippen LogP contribution in [0, 0.1) is 11.8 Å². The third-order valence-corrected chi connectivity index (χ3v) is 16.9. The molecule has 19 heteroatoms. The SMILES string of the molecule is CCCCCCCCCCCCCC(=O)O[C@H](COC(=O)CCCCCCCCCCC)COP(=O)(O)OC[C@H](O)COP(=O)(O)OC[C@@H](COC(=O)CCCCCCCCCCC(C)C)OC(=O)CCCCCCCCCCCCC(C)C. The number of carbonyl (C=O) groups excluding carboxylic acids is 4. The molecule has 0 heterocycles. The Morgan fingerprint density at radius 2 is 0.548 bits per heavy atom.